The summed E-state index contributed by atoms with van der Waals surface area (Å²) >= 11 is 5.45. The summed E-state index contributed by atoms with van der Waals surface area (Å²) in [6, 6.07) is 10.2. The van der Waals surface area contributed by atoms with E-state index < -0.39 is 10.0 Å². The third-order valence-corrected chi connectivity index (χ3v) is 5.37. The summed E-state index contributed by atoms with van der Waals surface area (Å²) in [6.07, 6.45) is 0. The highest BCUT2D eigenvalue weighted by Gasteiger charge is 2.25. The van der Waals surface area contributed by atoms with E-state index >= 15 is 0 Å². The maximum atomic E-state index is 11.6. The van der Waals surface area contributed by atoms with Gasteiger partial charge in [-0.1, -0.05) is 30.3 Å². The lowest BCUT2D eigenvalue weighted by molar-refractivity contribution is 0.182. The molecular weight excluding hydrogens is 272 g/mol. The number of hydrogen-bond acceptors (Lipinski definition) is 3. The van der Waals surface area contributed by atoms with E-state index in [1.807, 2.05) is 18.2 Å². The van der Waals surface area contributed by atoms with Crippen molar-refractivity contribution in [3.05, 3.63) is 35.9 Å². The standard InChI is InChI=1S/C12H17ClN2O2S/c13-11-18(16,17)15-8-6-14(7-9-15)10-12-4-2-1-3-5-12/h1-5H,6-11H2. The van der Waals surface area contributed by atoms with Crippen LogP contribution in [0, 0.1) is 0 Å². The lowest BCUT2D eigenvalue weighted by Gasteiger charge is -2.33. The first-order valence-electron chi connectivity index (χ1n) is 5.92. The predicted octanol–water partition coefficient (Wildman–Crippen LogP) is 1.33. The van der Waals surface area contributed by atoms with Crippen molar-refractivity contribution in [2.24, 2.45) is 0 Å². The van der Waals surface area contributed by atoms with Gasteiger partial charge in [-0.05, 0) is 5.56 Å². The molecule has 0 amide bonds. The first kappa shape index (κ1) is 13.8. The summed E-state index contributed by atoms with van der Waals surface area (Å²) < 4.78 is 24.7. The summed E-state index contributed by atoms with van der Waals surface area (Å²) in [5.41, 5.74) is 1.26. The van der Waals surface area contributed by atoms with Crippen LogP contribution < -0.4 is 0 Å². The first-order chi connectivity index (χ1) is 8.62. The first-order valence-corrected chi connectivity index (χ1v) is 8.06. The zero-order valence-corrected chi connectivity index (χ0v) is 11.7. The fraction of sp³-hybridized carbons (Fsp3) is 0.500. The van der Waals surface area contributed by atoms with E-state index in [4.69, 9.17) is 11.6 Å². The Kier molecular flexibility index (Phi) is 4.61. The van der Waals surface area contributed by atoms with Crippen molar-refractivity contribution in [2.75, 3.05) is 31.4 Å². The molecule has 6 heteroatoms. The minimum Gasteiger partial charge on any atom is -0.296 e. The molecule has 1 fully saturated rings. The monoisotopic (exact) mass is 288 g/mol. The molecule has 0 bridgehead atoms. The molecule has 0 unspecified atom stereocenters. The molecule has 0 aliphatic carbocycles. The van der Waals surface area contributed by atoms with Crippen LogP contribution >= 0.6 is 11.6 Å². The number of halogens is 1. The van der Waals surface area contributed by atoms with Gasteiger partial charge < -0.3 is 0 Å². The highest BCUT2D eigenvalue weighted by Crippen LogP contribution is 2.12. The number of benzene rings is 1. The van der Waals surface area contributed by atoms with Gasteiger partial charge in [-0.3, -0.25) is 4.90 Å². The lowest BCUT2D eigenvalue weighted by Crippen LogP contribution is -2.48. The second-order valence-corrected chi connectivity index (χ2v) is 6.93. The Morgan fingerprint density at radius 2 is 1.67 bits per heavy atom. The van der Waals surface area contributed by atoms with E-state index in [2.05, 4.69) is 17.0 Å². The van der Waals surface area contributed by atoms with E-state index in [-0.39, 0.29) is 5.21 Å². The molecule has 1 aromatic rings. The average Bonchev–Trinajstić information content (AvgIpc) is 2.40. The molecule has 100 valence electrons. The van der Waals surface area contributed by atoms with Crippen molar-refractivity contribution in [3.63, 3.8) is 0 Å². The molecule has 18 heavy (non-hydrogen) atoms. The number of piperazine rings is 1. The smallest absolute Gasteiger partial charge is 0.228 e. The molecule has 1 aliphatic rings. The summed E-state index contributed by atoms with van der Waals surface area (Å²) in [7, 11) is -3.25. The number of hydrogen-bond donors (Lipinski definition) is 0. The second kappa shape index (κ2) is 6.02. The molecular formula is C12H17ClN2O2S. The summed E-state index contributed by atoms with van der Waals surface area (Å²) in [5.74, 6) is 0. The van der Waals surface area contributed by atoms with Crippen LogP contribution in [0.15, 0.2) is 30.3 Å². The predicted molar refractivity (Wildman–Crippen MR) is 72.9 cm³/mol. The molecule has 0 spiro atoms. The highest BCUT2D eigenvalue weighted by atomic mass is 35.5. The number of alkyl halides is 1. The fourth-order valence-corrected chi connectivity index (χ4v) is 3.35. The van der Waals surface area contributed by atoms with Crippen LogP contribution in [0.4, 0.5) is 0 Å². The normalized spacial score (nSPS) is 18.9. The van der Waals surface area contributed by atoms with Crippen molar-refractivity contribution in [3.8, 4) is 0 Å². The van der Waals surface area contributed by atoms with E-state index in [1.165, 1.54) is 9.87 Å². The van der Waals surface area contributed by atoms with Crippen molar-refractivity contribution >= 4 is 21.6 Å². The molecule has 1 heterocycles. The van der Waals surface area contributed by atoms with Crippen LogP contribution in [0.3, 0.4) is 0 Å². The molecule has 4 nitrogen and oxygen atoms in total. The summed E-state index contributed by atoms with van der Waals surface area (Å²) in [4.78, 5) is 2.26. The Bertz CT molecular complexity index is 470. The molecule has 0 radical (unpaired) electrons. The Hall–Kier alpha value is -0.620. The van der Waals surface area contributed by atoms with Gasteiger partial charge in [0.15, 0.2) is 0 Å². The molecule has 0 saturated carbocycles. The van der Waals surface area contributed by atoms with Crippen molar-refractivity contribution in [1.82, 2.24) is 9.21 Å². The molecule has 1 aliphatic heterocycles. The SMILES string of the molecule is O=S(=O)(CCl)N1CCN(Cc2ccccc2)CC1. The fourth-order valence-electron chi connectivity index (χ4n) is 2.08. The Labute approximate surface area is 113 Å². The Balaban J connectivity index is 1.88. The molecule has 1 saturated heterocycles. The minimum atomic E-state index is -3.25. The molecule has 0 atom stereocenters. The van der Waals surface area contributed by atoms with E-state index in [1.54, 1.807) is 0 Å². The average molecular weight is 289 g/mol. The Morgan fingerprint density at radius 3 is 2.22 bits per heavy atom. The maximum absolute atomic E-state index is 11.6. The zero-order chi connectivity index (χ0) is 13.0. The highest BCUT2D eigenvalue weighted by molar-refractivity contribution is 7.90. The van der Waals surface area contributed by atoms with E-state index in [9.17, 15) is 8.42 Å². The number of sulfonamides is 1. The van der Waals surface area contributed by atoms with Crippen molar-refractivity contribution < 1.29 is 8.42 Å². The largest absolute Gasteiger partial charge is 0.296 e. The number of nitrogens with zero attached hydrogens (tertiary/aromatic N) is 2. The van der Waals surface area contributed by atoms with Gasteiger partial charge in [-0.15, -0.1) is 11.6 Å². The third-order valence-electron chi connectivity index (χ3n) is 3.11. The summed E-state index contributed by atoms with van der Waals surface area (Å²) in [6.45, 7) is 3.44. The maximum Gasteiger partial charge on any atom is 0.228 e. The van der Waals surface area contributed by atoms with Crippen LogP contribution in [-0.4, -0.2) is 49.0 Å². The van der Waals surface area contributed by atoms with Crippen LogP contribution in [-0.2, 0) is 16.6 Å². The van der Waals surface area contributed by atoms with Gasteiger partial charge >= 0.3 is 0 Å². The van der Waals surface area contributed by atoms with Crippen molar-refractivity contribution in [1.29, 1.82) is 0 Å². The van der Waals surface area contributed by atoms with Gasteiger partial charge in [0, 0.05) is 32.7 Å². The Morgan fingerprint density at radius 1 is 1.06 bits per heavy atom. The van der Waals surface area contributed by atoms with E-state index in [0.717, 1.165) is 19.6 Å². The number of rotatable bonds is 4. The van der Waals surface area contributed by atoms with E-state index in [0.29, 0.717) is 13.1 Å². The van der Waals surface area contributed by atoms with Gasteiger partial charge in [0.25, 0.3) is 0 Å². The van der Waals surface area contributed by atoms with Crippen LogP contribution in [0.25, 0.3) is 0 Å². The third kappa shape index (κ3) is 3.45. The molecule has 2 rings (SSSR count). The molecule has 1 aromatic carbocycles. The van der Waals surface area contributed by atoms with Crippen LogP contribution in [0.2, 0.25) is 0 Å². The zero-order valence-electron chi connectivity index (χ0n) is 10.1. The van der Waals surface area contributed by atoms with Gasteiger partial charge in [0.1, 0.15) is 5.21 Å². The van der Waals surface area contributed by atoms with Gasteiger partial charge in [0.05, 0.1) is 0 Å². The van der Waals surface area contributed by atoms with Gasteiger partial charge in [-0.25, -0.2) is 8.42 Å². The second-order valence-electron chi connectivity index (χ2n) is 4.38. The van der Waals surface area contributed by atoms with Crippen LogP contribution in [0.5, 0.6) is 0 Å². The van der Waals surface area contributed by atoms with Gasteiger partial charge in [-0.2, -0.15) is 4.31 Å². The van der Waals surface area contributed by atoms with Crippen LogP contribution in [0.1, 0.15) is 5.56 Å². The van der Waals surface area contributed by atoms with Gasteiger partial charge in [0.2, 0.25) is 10.0 Å². The molecule has 0 aromatic heterocycles. The summed E-state index contributed by atoms with van der Waals surface area (Å²) in [5, 5.41) is -0.328. The molecule has 0 N–H and O–H groups in total. The topological polar surface area (TPSA) is 40.6 Å². The minimum absolute atomic E-state index is 0.328. The lowest BCUT2D eigenvalue weighted by atomic mass is 10.2. The van der Waals surface area contributed by atoms with Crippen molar-refractivity contribution in [2.45, 2.75) is 6.54 Å². The quantitative estimate of drug-likeness (QED) is 0.785.